The maximum Gasteiger partial charge on any atom is 0.0812 e. The van der Waals surface area contributed by atoms with E-state index in [1.807, 2.05) is 216 Å². The standard InChI is InChI=1S/2C7H5NS.C7H5S.3C6H6.3C2H6.3CH3.4W/c2*1-2-4-7-6(3-1)8-5-9-7;1-8-7-5-3-2-4-6-7;3*1-2-4-6-5-3-1;3*1-2;;;;;;;/h2*1-5H;1-5H;3*1-6H;3*1-2H3;3*1H3;;;;/q;;-1;;;;;;;3*-1;;;;. The first-order valence-electron chi connectivity index (χ1n) is 17.0. The summed E-state index contributed by atoms with van der Waals surface area (Å²) in [6.45, 7) is 12.0. The van der Waals surface area contributed by atoms with Gasteiger partial charge in [-0.2, -0.15) is 0 Å². The Hall–Kier alpha value is -1.93. The number of thioether (sulfide) groups is 1. The second kappa shape index (κ2) is 56.2. The van der Waals surface area contributed by atoms with Crippen molar-refractivity contribution >= 4 is 58.6 Å². The topological polar surface area (TPSA) is 25.8 Å². The summed E-state index contributed by atoms with van der Waals surface area (Å²) >= 11 is 6.58. The molecule has 0 amide bonds. The molecule has 0 saturated carbocycles. The molecule has 0 atom stereocenters. The molecule has 0 N–H and O–H groups in total. The zero-order valence-corrected chi connectivity index (χ0v) is 49.0. The average molecular weight is 1500 g/mol. The number of fused-ring (bicyclic) bond motifs is 2. The Morgan fingerprint density at radius 3 is 0.965 bits per heavy atom. The fourth-order valence-corrected chi connectivity index (χ4v) is 6.13. The van der Waals surface area contributed by atoms with Crippen molar-refractivity contribution in [1.29, 1.82) is 0 Å². The molecule has 0 aliphatic carbocycles. The Morgan fingerprint density at radius 2 is 0.719 bits per heavy atom. The molecule has 2 heterocycles. The zero-order chi connectivity index (χ0) is 37.5. The molecule has 0 spiro atoms. The van der Waals surface area contributed by atoms with Crippen LogP contribution < -0.4 is 0 Å². The van der Waals surface area contributed by atoms with Crippen molar-refractivity contribution < 1.29 is 82.5 Å². The van der Waals surface area contributed by atoms with E-state index in [0.29, 0.717) is 0 Å². The first-order valence-corrected chi connectivity index (χ1v) is 21.3. The van der Waals surface area contributed by atoms with Crippen molar-refractivity contribution in [3.05, 3.63) is 221 Å². The van der Waals surface area contributed by atoms with Gasteiger partial charge in [-0.1, -0.05) is 175 Å². The summed E-state index contributed by atoms with van der Waals surface area (Å²) in [5.41, 5.74) is 5.93. The van der Waals surface area contributed by atoms with Crippen molar-refractivity contribution in [2.45, 2.75) is 46.4 Å². The fraction of sp³-hybridized carbons (Fsp3) is 0.125. The third kappa shape index (κ3) is 39.3. The molecule has 8 aromatic rings. The molecular formula is C48H60N2S3W4-4. The quantitative estimate of drug-likeness (QED) is 0.127. The predicted molar refractivity (Wildman–Crippen MR) is 249 cm³/mol. The van der Waals surface area contributed by atoms with Gasteiger partial charge in [0.1, 0.15) is 0 Å². The summed E-state index contributed by atoms with van der Waals surface area (Å²) in [6.07, 6.45) is 0. The zero-order valence-electron chi connectivity index (χ0n) is 34.8. The molecule has 0 unspecified atom stereocenters. The Morgan fingerprint density at radius 1 is 0.439 bits per heavy atom. The smallest absolute Gasteiger partial charge is 0.0812 e. The minimum absolute atomic E-state index is 0. The summed E-state index contributed by atoms with van der Waals surface area (Å²) in [5.74, 6) is 0. The molecule has 8 rings (SSSR count). The monoisotopic (exact) mass is 1500 g/mol. The molecule has 308 valence electrons. The maximum absolute atomic E-state index is 4.14. The number of thiazole rings is 2. The van der Waals surface area contributed by atoms with Crippen LogP contribution in [0.2, 0.25) is 0 Å². The molecule has 0 aliphatic rings. The van der Waals surface area contributed by atoms with Crippen LogP contribution in [0.3, 0.4) is 0 Å². The summed E-state index contributed by atoms with van der Waals surface area (Å²) in [5, 5.41) is 0. The predicted octanol–water partition coefficient (Wildman–Crippen LogP) is 16.0. The van der Waals surface area contributed by atoms with Crippen LogP contribution >= 0.6 is 34.4 Å². The molecule has 2 nitrogen and oxygen atoms in total. The van der Waals surface area contributed by atoms with E-state index in [1.165, 1.54) is 33.6 Å². The molecular weight excluding hydrogens is 1440 g/mol. The van der Waals surface area contributed by atoms with Gasteiger partial charge in [0.2, 0.25) is 0 Å². The Balaban J connectivity index is -0.000000101. The number of rotatable bonds is 2. The minimum atomic E-state index is 0. The van der Waals surface area contributed by atoms with Gasteiger partial charge in [-0.25, -0.2) is 9.97 Å². The third-order valence-corrected chi connectivity index (χ3v) is 8.59. The van der Waals surface area contributed by atoms with Gasteiger partial charge in [-0.05, 0) is 24.3 Å². The summed E-state index contributed by atoms with van der Waals surface area (Å²) < 4.78 is 4.65. The number of aromatic nitrogens is 2. The Bertz CT molecular complexity index is 1530. The van der Waals surface area contributed by atoms with Crippen molar-refractivity contribution in [1.82, 2.24) is 9.97 Å². The van der Waals surface area contributed by atoms with E-state index in [9.17, 15) is 0 Å². The van der Waals surface area contributed by atoms with E-state index in [4.69, 9.17) is 0 Å². The molecule has 0 aliphatic heterocycles. The minimum Gasteiger partial charge on any atom is -0.245 e. The number of hydrogen-bond donors (Lipinski definition) is 0. The maximum atomic E-state index is 4.14. The molecule has 0 radical (unpaired) electrons. The van der Waals surface area contributed by atoms with Crippen molar-refractivity contribution in [2.24, 2.45) is 0 Å². The number of nitrogens with zero attached hydrogens (tertiary/aromatic N) is 2. The van der Waals surface area contributed by atoms with Crippen LogP contribution in [-0.2, 0) is 82.5 Å². The SMILES string of the molecule is CC.CC.CC.[CH3-].[CH3-].[CH3-].[W].[W].[W].[W]=[CH]Sc1[c-]cccc1.c1ccc2scnc2c1.c1ccc2scnc2c1.c1ccccc1.c1ccccc1.c1ccccc1. The molecule has 0 fully saturated rings. The number of benzene rings is 6. The summed E-state index contributed by atoms with van der Waals surface area (Å²) in [6, 6.07) is 63.4. The van der Waals surface area contributed by atoms with Gasteiger partial charge in [0.25, 0.3) is 0 Å². The van der Waals surface area contributed by atoms with Crippen LogP contribution in [-0.4, -0.2) is 13.7 Å². The average Bonchev–Trinajstić information content (AvgIpc) is 3.95. The second-order valence-electron chi connectivity index (χ2n) is 8.55. The molecule has 0 bridgehead atoms. The number of para-hydroxylation sites is 2. The second-order valence-corrected chi connectivity index (χ2v) is 13.3. The molecule has 0 saturated heterocycles. The third-order valence-electron chi connectivity index (χ3n) is 5.33. The van der Waals surface area contributed by atoms with Crippen molar-refractivity contribution in [3.63, 3.8) is 0 Å². The summed E-state index contributed by atoms with van der Waals surface area (Å²) in [7, 11) is 0. The van der Waals surface area contributed by atoms with E-state index in [-0.39, 0.29) is 85.5 Å². The van der Waals surface area contributed by atoms with Crippen LogP contribution in [0.25, 0.3) is 20.4 Å². The molecule has 6 aromatic carbocycles. The largest absolute Gasteiger partial charge is 0.245 e. The van der Waals surface area contributed by atoms with Gasteiger partial charge in [0.15, 0.2) is 0 Å². The van der Waals surface area contributed by atoms with Gasteiger partial charge in [-0.3, -0.25) is 0 Å². The van der Waals surface area contributed by atoms with Crippen LogP contribution in [0.1, 0.15) is 41.5 Å². The van der Waals surface area contributed by atoms with Crippen LogP contribution in [0.4, 0.5) is 0 Å². The van der Waals surface area contributed by atoms with E-state index in [1.54, 1.807) is 34.4 Å². The van der Waals surface area contributed by atoms with Crippen LogP contribution in [0.15, 0.2) is 198 Å². The van der Waals surface area contributed by atoms with Gasteiger partial charge >= 0.3 is 70.1 Å². The normalized spacial score (nSPS) is 7.47. The molecule has 2 aromatic heterocycles. The van der Waals surface area contributed by atoms with E-state index in [0.717, 1.165) is 11.0 Å². The van der Waals surface area contributed by atoms with Gasteiger partial charge in [-0.15, -0.1) is 22.7 Å². The van der Waals surface area contributed by atoms with E-state index in [2.05, 4.69) is 38.0 Å². The molecule has 9 heteroatoms. The fourth-order valence-electron chi connectivity index (χ4n) is 3.26. The Kier molecular flexibility index (Phi) is 68.7. The Labute approximate surface area is 414 Å². The van der Waals surface area contributed by atoms with Gasteiger partial charge in [0, 0.05) is 63.2 Å². The van der Waals surface area contributed by atoms with Crippen LogP contribution in [0, 0.1) is 28.3 Å². The number of hydrogen-bond acceptors (Lipinski definition) is 5. The first kappa shape index (κ1) is 69.7. The van der Waals surface area contributed by atoms with Gasteiger partial charge < -0.3 is 22.3 Å². The molecule has 57 heavy (non-hydrogen) atoms. The van der Waals surface area contributed by atoms with Crippen molar-refractivity contribution in [3.8, 4) is 0 Å². The first-order chi connectivity index (χ1) is 25.4. The van der Waals surface area contributed by atoms with E-state index >= 15 is 0 Å². The van der Waals surface area contributed by atoms with Gasteiger partial charge in [0.05, 0.1) is 31.5 Å². The summed E-state index contributed by atoms with van der Waals surface area (Å²) in [4.78, 5) is 9.48. The van der Waals surface area contributed by atoms with Crippen molar-refractivity contribution in [2.75, 3.05) is 0 Å². The van der Waals surface area contributed by atoms with E-state index < -0.39 is 0 Å². The van der Waals surface area contributed by atoms with Crippen LogP contribution in [0.5, 0.6) is 0 Å².